The number of nitrogens with one attached hydrogen (secondary N) is 2. The van der Waals surface area contributed by atoms with Crippen molar-refractivity contribution in [3.05, 3.63) is 36.0 Å². The molecule has 0 spiro atoms. The van der Waals surface area contributed by atoms with E-state index in [4.69, 9.17) is 0 Å². The molecular weight excluding hydrogens is 236 g/mol. The molecule has 1 aliphatic carbocycles. The van der Waals surface area contributed by atoms with Crippen molar-refractivity contribution in [2.24, 2.45) is 11.3 Å². The zero-order valence-corrected chi connectivity index (χ0v) is 11.5. The van der Waals surface area contributed by atoms with Gasteiger partial charge in [-0.25, -0.2) is 0 Å². The summed E-state index contributed by atoms with van der Waals surface area (Å²) in [5.74, 6) is 0.674. The number of rotatable bonds is 4. The van der Waals surface area contributed by atoms with Gasteiger partial charge >= 0.3 is 0 Å². The molecule has 3 heteroatoms. The standard InChI is InChI=1S/C16H20N2O/c1-11(2)16(7-8-16)10-18-15(19)13-4-3-5-14-12(13)6-9-17-14/h3-6,9,11,17H,7-8,10H2,1-2H3,(H,18,19). The van der Waals surface area contributed by atoms with Crippen molar-refractivity contribution in [1.82, 2.24) is 10.3 Å². The van der Waals surface area contributed by atoms with Crippen molar-refractivity contribution in [3.63, 3.8) is 0 Å². The molecule has 19 heavy (non-hydrogen) atoms. The second kappa shape index (κ2) is 4.41. The maximum atomic E-state index is 12.3. The summed E-state index contributed by atoms with van der Waals surface area (Å²) in [6.07, 6.45) is 4.34. The predicted molar refractivity (Wildman–Crippen MR) is 77.1 cm³/mol. The fourth-order valence-corrected chi connectivity index (χ4v) is 2.75. The van der Waals surface area contributed by atoms with Gasteiger partial charge in [0.05, 0.1) is 0 Å². The summed E-state index contributed by atoms with van der Waals surface area (Å²) < 4.78 is 0. The molecule has 0 aliphatic heterocycles. The molecule has 2 N–H and O–H groups in total. The van der Waals surface area contributed by atoms with Crippen LogP contribution in [0, 0.1) is 11.3 Å². The van der Waals surface area contributed by atoms with Gasteiger partial charge in [-0.15, -0.1) is 0 Å². The number of carbonyl (C=O) groups is 1. The van der Waals surface area contributed by atoms with Crippen LogP contribution in [-0.4, -0.2) is 17.4 Å². The Balaban J connectivity index is 1.76. The largest absolute Gasteiger partial charge is 0.361 e. The number of hydrogen-bond donors (Lipinski definition) is 2. The number of amides is 1. The molecule has 1 aromatic heterocycles. The van der Waals surface area contributed by atoms with Gasteiger partial charge in [0.1, 0.15) is 0 Å². The number of H-pyrrole nitrogens is 1. The van der Waals surface area contributed by atoms with E-state index < -0.39 is 0 Å². The van der Waals surface area contributed by atoms with Crippen LogP contribution < -0.4 is 5.32 Å². The molecule has 1 amide bonds. The van der Waals surface area contributed by atoms with Gasteiger partial charge in [0.2, 0.25) is 0 Å². The first-order valence-corrected chi connectivity index (χ1v) is 6.97. The van der Waals surface area contributed by atoms with Crippen molar-refractivity contribution in [1.29, 1.82) is 0 Å². The summed E-state index contributed by atoms with van der Waals surface area (Å²) in [5.41, 5.74) is 2.12. The Morgan fingerprint density at radius 1 is 1.37 bits per heavy atom. The van der Waals surface area contributed by atoms with E-state index in [1.54, 1.807) is 0 Å². The highest BCUT2D eigenvalue weighted by molar-refractivity contribution is 6.06. The first-order chi connectivity index (χ1) is 9.12. The average Bonchev–Trinajstić information content (AvgIpc) is 3.05. The summed E-state index contributed by atoms with van der Waals surface area (Å²) in [7, 11) is 0. The Hall–Kier alpha value is -1.77. The second-order valence-corrected chi connectivity index (χ2v) is 5.94. The molecule has 1 aromatic carbocycles. The first kappa shape index (κ1) is 12.3. The summed E-state index contributed by atoms with van der Waals surface area (Å²) in [4.78, 5) is 15.5. The third kappa shape index (κ3) is 2.14. The van der Waals surface area contributed by atoms with Crippen LogP contribution in [0.25, 0.3) is 10.9 Å². The lowest BCUT2D eigenvalue weighted by atomic mass is 9.92. The van der Waals surface area contributed by atoms with E-state index in [1.807, 2.05) is 30.5 Å². The lowest BCUT2D eigenvalue weighted by molar-refractivity contribution is 0.0941. The topological polar surface area (TPSA) is 44.9 Å². The van der Waals surface area contributed by atoms with E-state index in [-0.39, 0.29) is 5.91 Å². The van der Waals surface area contributed by atoms with Crippen molar-refractivity contribution in [2.45, 2.75) is 26.7 Å². The summed E-state index contributed by atoms with van der Waals surface area (Å²) >= 11 is 0. The highest BCUT2D eigenvalue weighted by atomic mass is 16.1. The van der Waals surface area contributed by atoms with Gasteiger partial charge in [0, 0.05) is 29.2 Å². The highest BCUT2D eigenvalue weighted by Gasteiger charge is 2.45. The van der Waals surface area contributed by atoms with Crippen LogP contribution in [0.15, 0.2) is 30.5 Å². The minimum Gasteiger partial charge on any atom is -0.361 e. The van der Waals surface area contributed by atoms with Gasteiger partial charge < -0.3 is 10.3 Å². The van der Waals surface area contributed by atoms with Crippen molar-refractivity contribution in [2.75, 3.05) is 6.54 Å². The molecule has 3 nitrogen and oxygen atoms in total. The minimum atomic E-state index is 0.0390. The quantitative estimate of drug-likeness (QED) is 0.866. The number of hydrogen-bond acceptors (Lipinski definition) is 1. The Morgan fingerprint density at radius 2 is 2.16 bits per heavy atom. The fraction of sp³-hybridized carbons (Fsp3) is 0.438. The van der Waals surface area contributed by atoms with Gasteiger partial charge in [-0.3, -0.25) is 4.79 Å². The highest BCUT2D eigenvalue weighted by Crippen LogP contribution is 2.51. The number of benzene rings is 1. The van der Waals surface area contributed by atoms with Crippen LogP contribution in [0.5, 0.6) is 0 Å². The summed E-state index contributed by atoms with van der Waals surface area (Å²) in [6.45, 7) is 5.28. The van der Waals surface area contributed by atoms with Crippen LogP contribution in [0.2, 0.25) is 0 Å². The molecule has 100 valence electrons. The molecular formula is C16H20N2O. The normalized spacial score (nSPS) is 16.8. The third-order valence-corrected chi connectivity index (χ3v) is 4.56. The molecule has 0 bridgehead atoms. The van der Waals surface area contributed by atoms with Gasteiger partial charge in [-0.05, 0) is 42.4 Å². The third-order valence-electron chi connectivity index (χ3n) is 4.56. The molecule has 2 aromatic rings. The number of aromatic nitrogens is 1. The van der Waals surface area contributed by atoms with E-state index in [0.717, 1.165) is 23.0 Å². The maximum Gasteiger partial charge on any atom is 0.251 e. The monoisotopic (exact) mass is 256 g/mol. The van der Waals surface area contributed by atoms with Crippen LogP contribution in [0.3, 0.4) is 0 Å². The smallest absolute Gasteiger partial charge is 0.251 e. The molecule has 0 atom stereocenters. The SMILES string of the molecule is CC(C)C1(CNC(=O)c2cccc3[nH]ccc23)CC1. The van der Waals surface area contributed by atoms with Crippen LogP contribution >= 0.6 is 0 Å². The van der Waals surface area contributed by atoms with E-state index in [9.17, 15) is 4.79 Å². The molecule has 1 fully saturated rings. The predicted octanol–water partition coefficient (Wildman–Crippen LogP) is 3.33. The lowest BCUT2D eigenvalue weighted by Gasteiger charge is -2.20. The molecule has 1 saturated carbocycles. The van der Waals surface area contributed by atoms with Crippen molar-refractivity contribution in [3.8, 4) is 0 Å². The summed E-state index contributed by atoms with van der Waals surface area (Å²) in [6, 6.07) is 7.76. The van der Waals surface area contributed by atoms with Gasteiger partial charge in [-0.2, -0.15) is 0 Å². The first-order valence-electron chi connectivity index (χ1n) is 6.97. The van der Waals surface area contributed by atoms with Gasteiger partial charge in [0.25, 0.3) is 5.91 Å². The molecule has 0 saturated heterocycles. The average molecular weight is 256 g/mol. The zero-order valence-electron chi connectivity index (χ0n) is 11.5. The Morgan fingerprint density at radius 3 is 2.84 bits per heavy atom. The molecule has 1 aliphatic rings. The minimum absolute atomic E-state index is 0.0390. The lowest BCUT2D eigenvalue weighted by Crippen LogP contribution is -2.32. The van der Waals surface area contributed by atoms with E-state index >= 15 is 0 Å². The molecule has 1 heterocycles. The number of fused-ring (bicyclic) bond motifs is 1. The van der Waals surface area contributed by atoms with Gasteiger partial charge in [-0.1, -0.05) is 19.9 Å². The molecule has 0 radical (unpaired) electrons. The Kier molecular flexibility index (Phi) is 2.85. The van der Waals surface area contributed by atoms with E-state index in [2.05, 4.69) is 24.1 Å². The molecule has 0 unspecified atom stereocenters. The van der Waals surface area contributed by atoms with Gasteiger partial charge in [0.15, 0.2) is 0 Å². The number of carbonyl (C=O) groups excluding carboxylic acids is 1. The second-order valence-electron chi connectivity index (χ2n) is 5.94. The van der Waals surface area contributed by atoms with E-state index in [1.165, 1.54) is 12.8 Å². The summed E-state index contributed by atoms with van der Waals surface area (Å²) in [5, 5.41) is 4.11. The van der Waals surface area contributed by atoms with Crippen LogP contribution in [-0.2, 0) is 0 Å². The Labute approximate surface area is 113 Å². The maximum absolute atomic E-state index is 12.3. The van der Waals surface area contributed by atoms with Crippen molar-refractivity contribution < 1.29 is 4.79 Å². The van der Waals surface area contributed by atoms with Crippen LogP contribution in [0.4, 0.5) is 0 Å². The fourth-order valence-electron chi connectivity index (χ4n) is 2.75. The van der Waals surface area contributed by atoms with Crippen molar-refractivity contribution >= 4 is 16.8 Å². The van der Waals surface area contributed by atoms with E-state index in [0.29, 0.717) is 11.3 Å². The zero-order chi connectivity index (χ0) is 13.5. The van der Waals surface area contributed by atoms with Crippen LogP contribution in [0.1, 0.15) is 37.0 Å². The number of aromatic amines is 1. The Bertz CT molecular complexity index is 608. The molecule has 3 rings (SSSR count).